The molecule has 0 bridgehead atoms. The van der Waals surface area contributed by atoms with E-state index in [1.165, 1.54) is 16.7 Å². The van der Waals surface area contributed by atoms with Gasteiger partial charge in [0.25, 0.3) is 0 Å². The predicted molar refractivity (Wildman–Crippen MR) is 73.3 cm³/mol. The minimum absolute atomic E-state index is 0.126. The van der Waals surface area contributed by atoms with E-state index in [9.17, 15) is 9.50 Å². The highest BCUT2D eigenvalue weighted by Crippen LogP contribution is 2.24. The highest BCUT2D eigenvalue weighted by molar-refractivity contribution is 7.71. The molecule has 0 atom stereocenters. The molecule has 0 radical (unpaired) electrons. The van der Waals surface area contributed by atoms with Crippen molar-refractivity contribution < 1.29 is 9.50 Å². The predicted octanol–water partition coefficient (Wildman–Crippen LogP) is 3.00. The van der Waals surface area contributed by atoms with Gasteiger partial charge in [0.05, 0.1) is 5.69 Å². The summed E-state index contributed by atoms with van der Waals surface area (Å²) < 4.78 is 15.1. The summed E-state index contributed by atoms with van der Waals surface area (Å²) in [5, 5.41) is 10.9. The number of imidazole rings is 1. The van der Waals surface area contributed by atoms with Crippen LogP contribution in [0, 0.1) is 10.6 Å². The Morgan fingerprint density at radius 2 is 2.21 bits per heavy atom. The molecule has 98 valence electrons. The lowest BCUT2D eigenvalue weighted by Crippen LogP contribution is -1.89. The molecule has 0 amide bonds. The Labute approximate surface area is 113 Å². The van der Waals surface area contributed by atoms with Gasteiger partial charge in [-0.25, -0.2) is 4.39 Å². The van der Waals surface area contributed by atoms with E-state index < -0.39 is 0 Å². The molecular weight excluding hydrogens is 265 g/mol. The summed E-state index contributed by atoms with van der Waals surface area (Å²) in [5.41, 5.74) is 2.36. The van der Waals surface area contributed by atoms with Gasteiger partial charge < -0.3 is 15.1 Å². The summed E-state index contributed by atoms with van der Waals surface area (Å²) >= 11 is 5.06. The number of nitrogens with one attached hydrogen (secondary N) is 2. The van der Waals surface area contributed by atoms with E-state index in [1.807, 2.05) is 6.20 Å². The third-order valence-electron chi connectivity index (χ3n) is 3.25. The summed E-state index contributed by atoms with van der Waals surface area (Å²) in [5.74, 6) is -0.149. The van der Waals surface area contributed by atoms with Crippen LogP contribution in [0.2, 0.25) is 0 Å². The van der Waals surface area contributed by atoms with Gasteiger partial charge in [-0.2, -0.15) is 0 Å². The minimum atomic E-state index is -0.275. The number of aromatic nitrogens is 3. The first-order chi connectivity index (χ1) is 9.06. The Hall–Kier alpha value is -2.08. The molecule has 4 nitrogen and oxygen atoms in total. The molecule has 19 heavy (non-hydrogen) atoms. The Balaban J connectivity index is 2.06. The van der Waals surface area contributed by atoms with E-state index in [0.717, 1.165) is 16.5 Å². The lowest BCUT2D eigenvalue weighted by atomic mass is 10.1. The van der Waals surface area contributed by atoms with Crippen LogP contribution in [0.3, 0.4) is 0 Å². The van der Waals surface area contributed by atoms with E-state index in [1.54, 1.807) is 13.1 Å². The number of nitrogens with zero attached hydrogens (tertiary/aromatic N) is 1. The fourth-order valence-electron chi connectivity index (χ4n) is 2.19. The molecule has 2 aromatic heterocycles. The van der Waals surface area contributed by atoms with Crippen molar-refractivity contribution in [3.63, 3.8) is 0 Å². The van der Waals surface area contributed by atoms with Gasteiger partial charge in [0.15, 0.2) is 4.77 Å². The average Bonchev–Trinajstić information content (AvgIpc) is 2.87. The summed E-state index contributed by atoms with van der Waals surface area (Å²) in [7, 11) is 1.70. The molecule has 3 rings (SSSR count). The van der Waals surface area contributed by atoms with Crippen LogP contribution in [0.5, 0.6) is 5.88 Å². The van der Waals surface area contributed by atoms with E-state index >= 15 is 0 Å². The second-order valence-electron chi connectivity index (χ2n) is 4.47. The van der Waals surface area contributed by atoms with Crippen LogP contribution in [0.4, 0.5) is 4.39 Å². The van der Waals surface area contributed by atoms with Crippen LogP contribution in [0.25, 0.3) is 10.9 Å². The van der Waals surface area contributed by atoms with Crippen molar-refractivity contribution in [2.45, 2.75) is 6.42 Å². The van der Waals surface area contributed by atoms with Crippen LogP contribution >= 0.6 is 12.2 Å². The number of fused-ring (bicyclic) bond motifs is 1. The number of hydrogen-bond donors (Lipinski definition) is 3. The number of H-pyrrole nitrogens is 2. The molecule has 3 N–H and O–H groups in total. The number of aromatic hydroxyl groups is 1. The molecule has 0 aliphatic heterocycles. The van der Waals surface area contributed by atoms with E-state index in [2.05, 4.69) is 9.97 Å². The van der Waals surface area contributed by atoms with Gasteiger partial charge in [-0.3, -0.25) is 4.57 Å². The lowest BCUT2D eigenvalue weighted by Gasteiger charge is -1.99. The zero-order valence-electron chi connectivity index (χ0n) is 10.2. The van der Waals surface area contributed by atoms with Crippen molar-refractivity contribution in [3.05, 3.63) is 46.2 Å². The van der Waals surface area contributed by atoms with Crippen molar-refractivity contribution in [1.29, 1.82) is 0 Å². The molecule has 1 aromatic carbocycles. The van der Waals surface area contributed by atoms with Crippen molar-refractivity contribution in [2.75, 3.05) is 0 Å². The number of benzene rings is 1. The number of hydrogen-bond acceptors (Lipinski definition) is 2. The molecular formula is C13H12FN3OS. The zero-order chi connectivity index (χ0) is 13.6. The molecule has 2 heterocycles. The lowest BCUT2D eigenvalue weighted by molar-refractivity contribution is 0.426. The van der Waals surface area contributed by atoms with Crippen molar-refractivity contribution in [1.82, 2.24) is 14.5 Å². The van der Waals surface area contributed by atoms with Gasteiger partial charge in [0.2, 0.25) is 5.88 Å². The second kappa shape index (κ2) is 4.24. The summed E-state index contributed by atoms with van der Waals surface area (Å²) in [6.07, 6.45) is 2.31. The molecule has 0 unspecified atom stereocenters. The standard InChI is InChI=1S/C13H12FN3OS/c1-17-12(18)11(16-13(17)19)4-7-6-15-10-5-8(14)2-3-9(7)10/h2-3,5-6,15,18H,4H2,1H3,(H,16,19). The Bertz CT molecular complexity index is 815. The SMILES string of the molecule is Cn1c(O)c(Cc2c[nH]c3cc(F)ccc23)[nH]c1=S. The third kappa shape index (κ3) is 1.94. The molecule has 0 aliphatic rings. The van der Waals surface area contributed by atoms with Gasteiger partial charge >= 0.3 is 0 Å². The highest BCUT2D eigenvalue weighted by Gasteiger charge is 2.12. The number of halogens is 1. The zero-order valence-corrected chi connectivity index (χ0v) is 11.0. The first-order valence-corrected chi connectivity index (χ1v) is 6.19. The van der Waals surface area contributed by atoms with Gasteiger partial charge in [-0.05, 0) is 36.0 Å². The molecule has 0 saturated carbocycles. The van der Waals surface area contributed by atoms with Crippen molar-refractivity contribution in [2.24, 2.45) is 7.05 Å². The van der Waals surface area contributed by atoms with Gasteiger partial charge in [-0.15, -0.1) is 0 Å². The minimum Gasteiger partial charge on any atom is -0.493 e. The molecule has 0 saturated heterocycles. The highest BCUT2D eigenvalue weighted by atomic mass is 32.1. The monoisotopic (exact) mass is 277 g/mol. The summed E-state index contributed by atoms with van der Waals surface area (Å²) in [6.45, 7) is 0. The Morgan fingerprint density at radius 3 is 2.89 bits per heavy atom. The molecule has 0 spiro atoms. The molecule has 0 fully saturated rings. The first kappa shape index (κ1) is 12.0. The Kier molecular flexibility index (Phi) is 2.67. The number of aromatic amines is 2. The maximum absolute atomic E-state index is 13.1. The van der Waals surface area contributed by atoms with Crippen LogP contribution in [-0.4, -0.2) is 19.6 Å². The smallest absolute Gasteiger partial charge is 0.213 e. The Morgan fingerprint density at radius 1 is 1.42 bits per heavy atom. The van der Waals surface area contributed by atoms with E-state index in [-0.39, 0.29) is 11.7 Å². The molecule has 6 heteroatoms. The average molecular weight is 277 g/mol. The van der Waals surface area contributed by atoms with Crippen LogP contribution in [0.1, 0.15) is 11.3 Å². The normalized spacial score (nSPS) is 11.3. The largest absolute Gasteiger partial charge is 0.493 e. The quantitative estimate of drug-likeness (QED) is 0.631. The second-order valence-corrected chi connectivity index (χ2v) is 4.86. The van der Waals surface area contributed by atoms with Gasteiger partial charge in [-0.1, -0.05) is 0 Å². The topological polar surface area (TPSA) is 56.7 Å². The van der Waals surface area contributed by atoms with E-state index in [0.29, 0.717) is 16.9 Å². The van der Waals surface area contributed by atoms with Crippen LogP contribution in [0.15, 0.2) is 24.4 Å². The van der Waals surface area contributed by atoms with Crippen molar-refractivity contribution in [3.8, 4) is 5.88 Å². The fraction of sp³-hybridized carbons (Fsp3) is 0.154. The summed E-state index contributed by atoms with van der Waals surface area (Å²) in [4.78, 5) is 5.99. The first-order valence-electron chi connectivity index (χ1n) is 5.78. The molecule has 3 aromatic rings. The number of rotatable bonds is 2. The van der Waals surface area contributed by atoms with Crippen molar-refractivity contribution >= 4 is 23.1 Å². The fourth-order valence-corrected chi connectivity index (χ4v) is 2.40. The maximum atomic E-state index is 13.1. The van der Waals surface area contributed by atoms with Crippen LogP contribution < -0.4 is 0 Å². The van der Waals surface area contributed by atoms with Gasteiger partial charge in [0, 0.05) is 30.6 Å². The molecule has 0 aliphatic carbocycles. The van der Waals surface area contributed by atoms with Gasteiger partial charge in [0.1, 0.15) is 5.82 Å². The summed E-state index contributed by atoms with van der Waals surface area (Å²) in [6, 6.07) is 4.60. The maximum Gasteiger partial charge on any atom is 0.213 e. The third-order valence-corrected chi connectivity index (χ3v) is 3.62. The van der Waals surface area contributed by atoms with Crippen LogP contribution in [-0.2, 0) is 13.5 Å². The van der Waals surface area contributed by atoms with E-state index in [4.69, 9.17) is 12.2 Å².